The van der Waals surface area contributed by atoms with Crippen molar-refractivity contribution in [2.75, 3.05) is 17.2 Å². The van der Waals surface area contributed by atoms with Crippen LogP contribution in [-0.2, 0) is 0 Å². The fourth-order valence-corrected chi connectivity index (χ4v) is 2.21. The van der Waals surface area contributed by atoms with Gasteiger partial charge in [0.05, 0.1) is 16.9 Å². The number of carboxylic acid groups (broad SMARTS) is 1. The highest BCUT2D eigenvalue weighted by molar-refractivity contribution is 5.98. The van der Waals surface area contributed by atoms with Crippen molar-refractivity contribution >= 4 is 17.3 Å². The molecule has 0 aliphatic rings. The fraction of sp³-hybridized carbons (Fsp3) is 0.533. The molecule has 4 nitrogen and oxygen atoms in total. The monoisotopic (exact) mass is 264 g/mol. The van der Waals surface area contributed by atoms with Gasteiger partial charge in [-0.3, -0.25) is 0 Å². The van der Waals surface area contributed by atoms with Crippen LogP contribution in [0.25, 0.3) is 0 Å². The first-order valence-electron chi connectivity index (χ1n) is 6.87. The van der Waals surface area contributed by atoms with Crippen LogP contribution >= 0.6 is 0 Å². The molecule has 0 fully saturated rings. The van der Waals surface area contributed by atoms with E-state index in [9.17, 15) is 9.90 Å². The highest BCUT2D eigenvalue weighted by Crippen LogP contribution is 2.30. The largest absolute Gasteiger partial charge is 0.478 e. The topological polar surface area (TPSA) is 66.6 Å². The molecule has 0 saturated heterocycles. The molecule has 4 heteroatoms. The molecule has 106 valence electrons. The molecule has 0 aliphatic heterocycles. The Morgan fingerprint density at radius 3 is 2.58 bits per heavy atom. The Balaban J connectivity index is 3.10. The van der Waals surface area contributed by atoms with Gasteiger partial charge in [0.15, 0.2) is 0 Å². The quantitative estimate of drug-likeness (QED) is 0.585. The number of nitrogen functional groups attached to an aromatic ring is 1. The van der Waals surface area contributed by atoms with E-state index in [4.69, 9.17) is 5.73 Å². The van der Waals surface area contributed by atoms with E-state index in [0.717, 1.165) is 25.8 Å². The standard InChI is InChI=1S/C15H24N2O2/c1-4-5-6-10-17(11(2)3)14-12(15(18)19)8-7-9-13(14)16/h7-9,11H,4-6,10,16H2,1-3H3,(H,18,19). The van der Waals surface area contributed by atoms with E-state index < -0.39 is 5.97 Å². The average molecular weight is 264 g/mol. The molecule has 1 aromatic rings. The SMILES string of the molecule is CCCCCN(c1c(N)cccc1C(=O)O)C(C)C. The van der Waals surface area contributed by atoms with Crippen molar-refractivity contribution in [2.24, 2.45) is 0 Å². The van der Waals surface area contributed by atoms with Crippen molar-refractivity contribution < 1.29 is 9.90 Å². The molecule has 1 aromatic carbocycles. The van der Waals surface area contributed by atoms with Gasteiger partial charge >= 0.3 is 5.97 Å². The predicted molar refractivity (Wildman–Crippen MR) is 79.8 cm³/mol. The average Bonchev–Trinajstić information content (AvgIpc) is 2.34. The molecule has 3 N–H and O–H groups in total. The van der Waals surface area contributed by atoms with E-state index >= 15 is 0 Å². The van der Waals surface area contributed by atoms with E-state index in [-0.39, 0.29) is 11.6 Å². The van der Waals surface area contributed by atoms with E-state index in [2.05, 4.69) is 25.7 Å². The zero-order valence-electron chi connectivity index (χ0n) is 12.0. The number of nitrogens with zero attached hydrogens (tertiary/aromatic N) is 1. The molecule has 0 heterocycles. The van der Waals surface area contributed by atoms with Crippen molar-refractivity contribution in [1.82, 2.24) is 0 Å². The van der Waals surface area contributed by atoms with Crippen LogP contribution in [0.15, 0.2) is 18.2 Å². The molecule has 19 heavy (non-hydrogen) atoms. The van der Waals surface area contributed by atoms with Crippen molar-refractivity contribution in [3.63, 3.8) is 0 Å². The van der Waals surface area contributed by atoms with Crippen LogP contribution in [0, 0.1) is 0 Å². The maximum absolute atomic E-state index is 11.3. The second-order valence-electron chi connectivity index (χ2n) is 5.04. The minimum Gasteiger partial charge on any atom is -0.478 e. The third kappa shape index (κ3) is 3.88. The second kappa shape index (κ2) is 7.02. The summed E-state index contributed by atoms with van der Waals surface area (Å²) in [6.45, 7) is 7.10. The lowest BCUT2D eigenvalue weighted by Crippen LogP contribution is -2.33. The first-order valence-corrected chi connectivity index (χ1v) is 6.87. The molecule has 0 aliphatic carbocycles. The zero-order valence-corrected chi connectivity index (χ0v) is 12.0. The first-order chi connectivity index (χ1) is 8.99. The van der Waals surface area contributed by atoms with Gasteiger partial charge in [-0.15, -0.1) is 0 Å². The van der Waals surface area contributed by atoms with Gasteiger partial charge in [0, 0.05) is 12.6 Å². The Hall–Kier alpha value is -1.71. The summed E-state index contributed by atoms with van der Waals surface area (Å²) < 4.78 is 0. The van der Waals surface area contributed by atoms with Gasteiger partial charge in [-0.05, 0) is 32.4 Å². The smallest absolute Gasteiger partial charge is 0.337 e. The summed E-state index contributed by atoms with van der Waals surface area (Å²) >= 11 is 0. The number of unbranched alkanes of at least 4 members (excludes halogenated alkanes) is 2. The molecule has 0 aromatic heterocycles. The summed E-state index contributed by atoms with van der Waals surface area (Å²) in [5, 5.41) is 9.31. The van der Waals surface area contributed by atoms with Crippen molar-refractivity contribution in [1.29, 1.82) is 0 Å². The van der Waals surface area contributed by atoms with E-state index in [0.29, 0.717) is 11.4 Å². The summed E-state index contributed by atoms with van der Waals surface area (Å²) in [5.41, 5.74) is 7.47. The van der Waals surface area contributed by atoms with Crippen LogP contribution in [0.1, 0.15) is 50.4 Å². The van der Waals surface area contributed by atoms with E-state index in [1.807, 2.05) is 0 Å². The number of carboxylic acids is 1. The summed E-state index contributed by atoms with van der Waals surface area (Å²) in [6, 6.07) is 5.28. The first kappa shape index (κ1) is 15.3. The van der Waals surface area contributed by atoms with Crippen LogP contribution in [0.2, 0.25) is 0 Å². The van der Waals surface area contributed by atoms with Gasteiger partial charge in [-0.25, -0.2) is 4.79 Å². The lowest BCUT2D eigenvalue weighted by Gasteiger charge is -2.31. The maximum atomic E-state index is 11.3. The normalized spacial score (nSPS) is 10.7. The lowest BCUT2D eigenvalue weighted by atomic mass is 10.1. The second-order valence-corrected chi connectivity index (χ2v) is 5.04. The highest BCUT2D eigenvalue weighted by Gasteiger charge is 2.20. The number of hydrogen-bond donors (Lipinski definition) is 2. The fourth-order valence-electron chi connectivity index (χ4n) is 2.21. The van der Waals surface area contributed by atoms with Crippen LogP contribution in [0.5, 0.6) is 0 Å². The van der Waals surface area contributed by atoms with Crippen LogP contribution in [0.3, 0.4) is 0 Å². The summed E-state index contributed by atoms with van der Waals surface area (Å²) in [7, 11) is 0. The lowest BCUT2D eigenvalue weighted by molar-refractivity contribution is 0.0697. The molecule has 0 unspecified atom stereocenters. The van der Waals surface area contributed by atoms with Crippen LogP contribution < -0.4 is 10.6 Å². The van der Waals surface area contributed by atoms with Gasteiger partial charge in [-0.1, -0.05) is 25.8 Å². The molecule has 1 rings (SSSR count). The minimum absolute atomic E-state index is 0.222. The van der Waals surface area contributed by atoms with Gasteiger partial charge in [-0.2, -0.15) is 0 Å². The molecule has 0 spiro atoms. The molecular weight excluding hydrogens is 240 g/mol. The molecule has 0 amide bonds. The molecule has 0 saturated carbocycles. The number of nitrogens with two attached hydrogens (primary N) is 1. The number of carbonyl (C=O) groups is 1. The number of benzene rings is 1. The van der Waals surface area contributed by atoms with Gasteiger partial charge in [0.25, 0.3) is 0 Å². The number of anilines is 2. The summed E-state index contributed by atoms with van der Waals surface area (Å²) in [6.07, 6.45) is 3.32. The maximum Gasteiger partial charge on any atom is 0.337 e. The Bertz CT molecular complexity index is 430. The third-order valence-electron chi connectivity index (χ3n) is 3.21. The van der Waals surface area contributed by atoms with Gasteiger partial charge in [0.2, 0.25) is 0 Å². The number of para-hydroxylation sites is 1. The predicted octanol–water partition coefficient (Wildman–Crippen LogP) is 3.37. The number of aromatic carboxylic acids is 1. The molecular formula is C15H24N2O2. The Kier molecular flexibility index (Phi) is 5.67. The minimum atomic E-state index is -0.927. The van der Waals surface area contributed by atoms with E-state index in [1.165, 1.54) is 0 Å². The van der Waals surface area contributed by atoms with Crippen LogP contribution in [0.4, 0.5) is 11.4 Å². The molecule has 0 radical (unpaired) electrons. The van der Waals surface area contributed by atoms with Gasteiger partial charge < -0.3 is 15.7 Å². The molecule has 0 bridgehead atoms. The zero-order chi connectivity index (χ0) is 14.4. The summed E-state index contributed by atoms with van der Waals surface area (Å²) in [4.78, 5) is 13.4. The molecule has 0 atom stereocenters. The Morgan fingerprint density at radius 2 is 2.05 bits per heavy atom. The third-order valence-corrected chi connectivity index (χ3v) is 3.21. The summed E-state index contributed by atoms with van der Waals surface area (Å²) in [5.74, 6) is -0.927. The van der Waals surface area contributed by atoms with Crippen molar-refractivity contribution in [3.8, 4) is 0 Å². The van der Waals surface area contributed by atoms with Crippen molar-refractivity contribution in [3.05, 3.63) is 23.8 Å². The number of hydrogen-bond acceptors (Lipinski definition) is 3. The Morgan fingerprint density at radius 1 is 1.37 bits per heavy atom. The van der Waals surface area contributed by atoms with E-state index in [1.54, 1.807) is 18.2 Å². The highest BCUT2D eigenvalue weighted by atomic mass is 16.4. The van der Waals surface area contributed by atoms with Crippen molar-refractivity contribution in [2.45, 2.75) is 46.1 Å². The number of rotatable bonds is 7. The van der Waals surface area contributed by atoms with Crippen LogP contribution in [-0.4, -0.2) is 23.7 Å². The van der Waals surface area contributed by atoms with Gasteiger partial charge in [0.1, 0.15) is 0 Å². The Labute approximate surface area is 115 Å².